The summed E-state index contributed by atoms with van der Waals surface area (Å²) in [4.78, 5) is 0. The summed E-state index contributed by atoms with van der Waals surface area (Å²) in [5.74, 6) is 0.0176. The lowest BCUT2D eigenvalue weighted by molar-refractivity contribution is 0.226. The summed E-state index contributed by atoms with van der Waals surface area (Å²) in [7, 11) is 0. The number of hydrogen-bond donors (Lipinski definition) is 1. The summed E-state index contributed by atoms with van der Waals surface area (Å²) in [6.45, 7) is 7.15. The second-order valence-electron chi connectivity index (χ2n) is 4.90. The second kappa shape index (κ2) is 5.30. The molecule has 0 amide bonds. The molecule has 90 valence electrons. The lowest BCUT2D eigenvalue weighted by Crippen LogP contribution is -2.25. The highest BCUT2D eigenvalue weighted by Crippen LogP contribution is 2.22. The molecular weight excluding hydrogens is 205 g/mol. The molecule has 0 unspecified atom stereocenters. The van der Waals surface area contributed by atoms with Gasteiger partial charge in [-0.3, -0.25) is 0 Å². The quantitative estimate of drug-likeness (QED) is 0.836. The van der Waals surface area contributed by atoms with Crippen LogP contribution in [0.2, 0.25) is 0 Å². The van der Waals surface area contributed by atoms with Crippen LogP contribution in [-0.4, -0.2) is 13.2 Å². The van der Waals surface area contributed by atoms with Gasteiger partial charge >= 0.3 is 0 Å². The van der Waals surface area contributed by atoms with Gasteiger partial charge in [-0.25, -0.2) is 4.39 Å². The first-order chi connectivity index (χ1) is 7.44. The first kappa shape index (κ1) is 13.0. The van der Waals surface area contributed by atoms with E-state index in [9.17, 15) is 4.39 Å². The van der Waals surface area contributed by atoms with E-state index >= 15 is 0 Å². The number of ether oxygens (including phenoxy) is 1. The van der Waals surface area contributed by atoms with Gasteiger partial charge in [-0.15, -0.1) is 0 Å². The molecule has 2 N–H and O–H groups in total. The van der Waals surface area contributed by atoms with E-state index in [-0.39, 0.29) is 11.2 Å². The van der Waals surface area contributed by atoms with Crippen molar-refractivity contribution in [3.63, 3.8) is 0 Å². The minimum absolute atomic E-state index is 0.0420. The van der Waals surface area contributed by atoms with Crippen LogP contribution in [0.1, 0.15) is 25.8 Å². The van der Waals surface area contributed by atoms with Gasteiger partial charge in [-0.1, -0.05) is 19.9 Å². The highest BCUT2D eigenvalue weighted by molar-refractivity contribution is 5.29. The Bertz CT molecular complexity index is 350. The second-order valence-corrected chi connectivity index (χ2v) is 4.90. The Balaban J connectivity index is 2.52. The zero-order chi connectivity index (χ0) is 12.2. The van der Waals surface area contributed by atoms with Crippen LogP contribution in [-0.2, 0) is 0 Å². The van der Waals surface area contributed by atoms with E-state index < -0.39 is 0 Å². The Morgan fingerprint density at radius 1 is 1.38 bits per heavy atom. The maximum absolute atomic E-state index is 13.3. The van der Waals surface area contributed by atoms with Crippen molar-refractivity contribution in [3.05, 3.63) is 29.6 Å². The number of rotatable bonds is 5. The molecule has 0 aliphatic heterocycles. The van der Waals surface area contributed by atoms with Gasteiger partial charge in [0.2, 0.25) is 0 Å². The van der Waals surface area contributed by atoms with Crippen LogP contribution in [0, 0.1) is 18.2 Å². The average Bonchev–Trinajstić information content (AvgIpc) is 2.23. The third kappa shape index (κ3) is 3.81. The van der Waals surface area contributed by atoms with Gasteiger partial charge in [-0.2, -0.15) is 0 Å². The number of hydrogen-bond acceptors (Lipinski definition) is 2. The summed E-state index contributed by atoms with van der Waals surface area (Å²) < 4.78 is 18.7. The predicted molar refractivity (Wildman–Crippen MR) is 64.1 cm³/mol. The molecule has 0 aromatic heterocycles. The zero-order valence-corrected chi connectivity index (χ0v) is 10.2. The standard InChI is InChI=1S/C13H20FNO/c1-10-4-5-11(14)12(8-10)16-7-6-13(2,3)9-15/h4-5,8H,6-7,9,15H2,1-3H3. The molecule has 0 heterocycles. The Kier molecular flexibility index (Phi) is 4.30. The number of nitrogens with two attached hydrogens (primary N) is 1. The van der Waals surface area contributed by atoms with Crippen LogP contribution in [0.4, 0.5) is 4.39 Å². The molecule has 1 aromatic carbocycles. The van der Waals surface area contributed by atoms with Crippen LogP contribution in [0.25, 0.3) is 0 Å². The minimum Gasteiger partial charge on any atom is -0.490 e. The summed E-state index contributed by atoms with van der Waals surface area (Å²) in [5, 5.41) is 0. The van der Waals surface area contributed by atoms with Crippen molar-refractivity contribution in [1.82, 2.24) is 0 Å². The maximum Gasteiger partial charge on any atom is 0.165 e. The number of halogens is 1. The van der Waals surface area contributed by atoms with Gasteiger partial charge in [0.1, 0.15) is 0 Å². The lowest BCUT2D eigenvalue weighted by atomic mass is 9.90. The fraction of sp³-hybridized carbons (Fsp3) is 0.538. The highest BCUT2D eigenvalue weighted by Gasteiger charge is 2.15. The minimum atomic E-state index is -0.309. The van der Waals surface area contributed by atoms with Crippen LogP contribution in [0.3, 0.4) is 0 Å². The van der Waals surface area contributed by atoms with Crippen molar-refractivity contribution in [1.29, 1.82) is 0 Å². The van der Waals surface area contributed by atoms with Crippen molar-refractivity contribution < 1.29 is 9.13 Å². The maximum atomic E-state index is 13.3. The Morgan fingerprint density at radius 2 is 2.06 bits per heavy atom. The first-order valence-electron chi connectivity index (χ1n) is 5.54. The monoisotopic (exact) mass is 225 g/mol. The van der Waals surface area contributed by atoms with Crippen LogP contribution >= 0.6 is 0 Å². The van der Waals surface area contributed by atoms with E-state index in [4.69, 9.17) is 10.5 Å². The molecule has 0 radical (unpaired) electrons. The molecule has 16 heavy (non-hydrogen) atoms. The average molecular weight is 225 g/mol. The van der Waals surface area contributed by atoms with Gasteiger partial charge in [0.25, 0.3) is 0 Å². The summed E-state index contributed by atoms with van der Waals surface area (Å²) in [5.41, 5.74) is 6.65. The van der Waals surface area contributed by atoms with Gasteiger partial charge in [0.05, 0.1) is 6.61 Å². The SMILES string of the molecule is Cc1ccc(F)c(OCCC(C)(C)CN)c1. The van der Waals surface area contributed by atoms with Gasteiger partial charge in [-0.05, 0) is 43.0 Å². The van der Waals surface area contributed by atoms with Crippen molar-refractivity contribution >= 4 is 0 Å². The molecule has 0 atom stereocenters. The summed E-state index contributed by atoms with van der Waals surface area (Å²) >= 11 is 0. The molecule has 0 saturated heterocycles. The molecule has 1 rings (SSSR count). The normalized spacial score (nSPS) is 11.6. The lowest BCUT2D eigenvalue weighted by Gasteiger charge is -2.22. The number of benzene rings is 1. The van der Waals surface area contributed by atoms with Crippen molar-refractivity contribution in [2.75, 3.05) is 13.2 Å². The summed E-state index contributed by atoms with van der Waals surface area (Å²) in [6, 6.07) is 4.87. The Hall–Kier alpha value is -1.09. The molecule has 1 aromatic rings. The third-order valence-electron chi connectivity index (χ3n) is 2.68. The van der Waals surface area contributed by atoms with E-state index in [2.05, 4.69) is 13.8 Å². The predicted octanol–water partition coefficient (Wildman–Crippen LogP) is 2.89. The Morgan fingerprint density at radius 3 is 2.69 bits per heavy atom. The van der Waals surface area contributed by atoms with Crippen molar-refractivity contribution in [2.24, 2.45) is 11.1 Å². The molecular formula is C13H20FNO. The largest absolute Gasteiger partial charge is 0.490 e. The van der Waals surface area contributed by atoms with Crippen LogP contribution in [0.5, 0.6) is 5.75 Å². The third-order valence-corrected chi connectivity index (χ3v) is 2.68. The first-order valence-corrected chi connectivity index (χ1v) is 5.54. The van der Waals surface area contributed by atoms with E-state index in [1.54, 1.807) is 12.1 Å². The number of aryl methyl sites for hydroxylation is 1. The molecule has 0 fully saturated rings. The van der Waals surface area contributed by atoms with Crippen molar-refractivity contribution in [2.45, 2.75) is 27.2 Å². The molecule has 0 spiro atoms. The fourth-order valence-corrected chi connectivity index (χ4v) is 1.26. The fourth-order valence-electron chi connectivity index (χ4n) is 1.26. The van der Waals surface area contributed by atoms with E-state index in [1.807, 2.05) is 6.92 Å². The van der Waals surface area contributed by atoms with Gasteiger partial charge in [0.15, 0.2) is 11.6 Å². The Labute approximate surface area is 96.6 Å². The topological polar surface area (TPSA) is 35.2 Å². The van der Waals surface area contributed by atoms with E-state index in [0.717, 1.165) is 12.0 Å². The molecule has 0 saturated carbocycles. The molecule has 0 aliphatic rings. The molecule has 0 bridgehead atoms. The van der Waals surface area contributed by atoms with Crippen LogP contribution < -0.4 is 10.5 Å². The zero-order valence-electron chi connectivity index (χ0n) is 10.2. The molecule has 0 aliphatic carbocycles. The van der Waals surface area contributed by atoms with Gasteiger partial charge in [0, 0.05) is 0 Å². The smallest absolute Gasteiger partial charge is 0.165 e. The summed E-state index contributed by atoms with van der Waals surface area (Å²) in [6.07, 6.45) is 0.816. The molecule has 2 nitrogen and oxygen atoms in total. The van der Waals surface area contributed by atoms with Gasteiger partial charge < -0.3 is 10.5 Å². The van der Waals surface area contributed by atoms with E-state index in [0.29, 0.717) is 18.9 Å². The van der Waals surface area contributed by atoms with E-state index in [1.165, 1.54) is 6.07 Å². The van der Waals surface area contributed by atoms with Crippen molar-refractivity contribution in [3.8, 4) is 5.75 Å². The molecule has 3 heteroatoms. The highest BCUT2D eigenvalue weighted by atomic mass is 19.1. The van der Waals surface area contributed by atoms with Crippen LogP contribution in [0.15, 0.2) is 18.2 Å².